The van der Waals surface area contributed by atoms with Crippen LogP contribution in [0.15, 0.2) is 42.5 Å². The van der Waals surface area contributed by atoms with E-state index in [1.807, 2.05) is 47.8 Å². The van der Waals surface area contributed by atoms with Gasteiger partial charge in [0.25, 0.3) is 11.6 Å². The van der Waals surface area contributed by atoms with Gasteiger partial charge in [0.1, 0.15) is 5.75 Å². The van der Waals surface area contributed by atoms with Crippen molar-refractivity contribution < 1.29 is 14.5 Å². The lowest BCUT2D eigenvalue weighted by atomic mass is 10.1. The van der Waals surface area contributed by atoms with Crippen molar-refractivity contribution in [1.29, 1.82) is 0 Å². The molecule has 2 aromatic carbocycles. The Kier molecular flexibility index (Phi) is 6.63. The molecule has 2 aromatic rings. The molecular weight excluding hydrogens is 384 g/mol. The van der Waals surface area contributed by atoms with Gasteiger partial charge in [-0.25, -0.2) is 0 Å². The van der Waals surface area contributed by atoms with Crippen LogP contribution in [0.4, 0.5) is 11.4 Å². The highest BCUT2D eigenvalue weighted by Gasteiger charge is 2.17. The lowest BCUT2D eigenvalue weighted by Crippen LogP contribution is -2.20. The van der Waals surface area contributed by atoms with E-state index in [-0.39, 0.29) is 18.2 Å². The number of nitrogens with zero attached hydrogens (tertiary/aromatic N) is 1. The number of hydrogen-bond donors (Lipinski definition) is 1. The van der Waals surface area contributed by atoms with Gasteiger partial charge in [-0.15, -0.1) is 23.5 Å². The Morgan fingerprint density at radius 3 is 2.59 bits per heavy atom. The smallest absolute Gasteiger partial charge is 0.274 e. The first kappa shape index (κ1) is 19.6. The van der Waals surface area contributed by atoms with Crippen molar-refractivity contribution in [2.24, 2.45) is 0 Å². The van der Waals surface area contributed by atoms with Crippen molar-refractivity contribution in [2.45, 2.75) is 17.9 Å². The maximum Gasteiger partial charge on any atom is 0.274 e. The molecule has 1 saturated heterocycles. The van der Waals surface area contributed by atoms with Crippen molar-refractivity contribution in [1.82, 2.24) is 0 Å². The predicted octanol–water partition coefficient (Wildman–Crippen LogP) is 4.79. The van der Waals surface area contributed by atoms with Gasteiger partial charge in [-0.3, -0.25) is 14.9 Å². The van der Waals surface area contributed by atoms with Crippen LogP contribution in [0.2, 0.25) is 0 Å². The molecule has 0 atom stereocenters. The fraction of sp³-hybridized carbons (Fsp3) is 0.316. The molecule has 0 spiro atoms. The number of amides is 1. The van der Waals surface area contributed by atoms with Crippen molar-refractivity contribution >= 4 is 40.8 Å². The number of nitrogens with one attached hydrogen (secondary N) is 1. The summed E-state index contributed by atoms with van der Waals surface area (Å²) >= 11 is 3.91. The molecular formula is C19H20N2O4S2. The molecule has 27 heavy (non-hydrogen) atoms. The van der Waals surface area contributed by atoms with Crippen LogP contribution in [0.3, 0.4) is 0 Å². The third-order valence-electron chi connectivity index (χ3n) is 4.13. The van der Waals surface area contributed by atoms with Crippen LogP contribution in [0.5, 0.6) is 5.75 Å². The minimum absolute atomic E-state index is 0.0252. The number of anilines is 1. The Bertz CT molecular complexity index is 821. The maximum absolute atomic E-state index is 12.1. The van der Waals surface area contributed by atoms with E-state index in [0.717, 1.165) is 0 Å². The fourth-order valence-electron chi connectivity index (χ4n) is 2.69. The lowest BCUT2D eigenvalue weighted by molar-refractivity contribution is -0.385. The van der Waals surface area contributed by atoms with E-state index in [4.69, 9.17) is 4.74 Å². The number of nitro benzene ring substituents is 1. The summed E-state index contributed by atoms with van der Waals surface area (Å²) in [6.07, 6.45) is 1.26. The normalized spacial score (nSPS) is 14.6. The Balaban J connectivity index is 1.55. The van der Waals surface area contributed by atoms with Gasteiger partial charge in [-0.1, -0.05) is 18.2 Å². The molecule has 1 heterocycles. The molecule has 0 bridgehead atoms. The number of hydrogen-bond acceptors (Lipinski definition) is 6. The van der Waals surface area contributed by atoms with Gasteiger partial charge in [-0.2, -0.15) is 0 Å². The molecule has 1 N–H and O–H groups in total. The Morgan fingerprint density at radius 2 is 1.93 bits per heavy atom. The SMILES string of the molecule is Cc1c(NC(=O)COc2ccc(C3SCCCS3)cc2)cccc1[N+](=O)[O-]. The number of benzene rings is 2. The second kappa shape index (κ2) is 9.14. The zero-order chi connectivity index (χ0) is 19.2. The third kappa shape index (κ3) is 5.17. The van der Waals surface area contributed by atoms with E-state index in [0.29, 0.717) is 21.6 Å². The van der Waals surface area contributed by atoms with E-state index >= 15 is 0 Å². The lowest BCUT2D eigenvalue weighted by Gasteiger charge is -2.21. The summed E-state index contributed by atoms with van der Waals surface area (Å²) in [5.74, 6) is 2.64. The van der Waals surface area contributed by atoms with E-state index in [9.17, 15) is 14.9 Å². The number of thioether (sulfide) groups is 2. The van der Waals surface area contributed by atoms with E-state index in [1.165, 1.54) is 29.6 Å². The Hall–Kier alpha value is -2.19. The topological polar surface area (TPSA) is 81.5 Å². The summed E-state index contributed by atoms with van der Waals surface area (Å²) < 4.78 is 6.01. The van der Waals surface area contributed by atoms with Crippen molar-refractivity contribution in [3.05, 3.63) is 63.7 Å². The monoisotopic (exact) mass is 404 g/mol. The summed E-state index contributed by atoms with van der Waals surface area (Å²) in [7, 11) is 0. The van der Waals surface area contributed by atoms with E-state index < -0.39 is 4.92 Å². The Labute approximate surface area is 166 Å². The second-order valence-electron chi connectivity index (χ2n) is 6.04. The Morgan fingerprint density at radius 1 is 1.22 bits per heavy atom. The highest BCUT2D eigenvalue weighted by molar-refractivity contribution is 8.16. The quantitative estimate of drug-likeness (QED) is 0.551. The molecule has 0 aliphatic carbocycles. The molecule has 142 valence electrons. The molecule has 1 aliphatic heterocycles. The zero-order valence-electron chi connectivity index (χ0n) is 14.8. The highest BCUT2D eigenvalue weighted by Crippen LogP contribution is 2.43. The van der Waals surface area contributed by atoms with Crippen LogP contribution in [-0.4, -0.2) is 28.9 Å². The minimum atomic E-state index is -0.466. The first-order chi connectivity index (χ1) is 13.0. The first-order valence-corrected chi connectivity index (χ1v) is 10.6. The molecule has 1 fully saturated rings. The summed E-state index contributed by atoms with van der Waals surface area (Å²) in [5.41, 5.74) is 2.07. The molecule has 6 nitrogen and oxygen atoms in total. The maximum atomic E-state index is 12.1. The molecule has 0 saturated carbocycles. The molecule has 1 amide bonds. The van der Waals surface area contributed by atoms with Crippen LogP contribution < -0.4 is 10.1 Å². The van der Waals surface area contributed by atoms with Gasteiger partial charge in [0, 0.05) is 6.07 Å². The first-order valence-electron chi connectivity index (χ1n) is 8.54. The van der Waals surface area contributed by atoms with Crippen LogP contribution >= 0.6 is 23.5 Å². The summed E-state index contributed by atoms with van der Waals surface area (Å²) in [6, 6.07) is 12.4. The predicted molar refractivity (Wildman–Crippen MR) is 111 cm³/mol. The largest absolute Gasteiger partial charge is 0.484 e. The van der Waals surface area contributed by atoms with Gasteiger partial charge in [-0.05, 0) is 48.6 Å². The average Bonchev–Trinajstić information content (AvgIpc) is 2.69. The molecule has 0 unspecified atom stereocenters. The highest BCUT2D eigenvalue weighted by atomic mass is 32.2. The van der Waals surface area contributed by atoms with Gasteiger partial charge >= 0.3 is 0 Å². The number of ether oxygens (including phenoxy) is 1. The standard InChI is InChI=1S/C19H20N2O4S2/c1-13-16(4-2-5-17(13)21(23)24)20-18(22)12-25-15-8-6-14(7-9-15)19-26-10-3-11-27-19/h2,4-9,19H,3,10-12H2,1H3,(H,20,22). The van der Waals surface area contributed by atoms with Gasteiger partial charge in [0.15, 0.2) is 6.61 Å². The number of carbonyl (C=O) groups is 1. The van der Waals surface area contributed by atoms with Crippen molar-refractivity contribution in [2.75, 3.05) is 23.4 Å². The molecule has 8 heteroatoms. The second-order valence-corrected chi connectivity index (χ2v) is 8.76. The van der Waals surface area contributed by atoms with Gasteiger partial charge in [0.05, 0.1) is 20.8 Å². The third-order valence-corrected chi connectivity index (χ3v) is 7.14. The summed E-state index contributed by atoms with van der Waals surface area (Å²) in [6.45, 7) is 1.45. The summed E-state index contributed by atoms with van der Waals surface area (Å²) in [5, 5.41) is 13.6. The number of carbonyl (C=O) groups excluding carboxylic acids is 1. The van der Waals surface area contributed by atoms with Crippen LogP contribution in [0.1, 0.15) is 22.1 Å². The molecule has 0 radical (unpaired) electrons. The average molecular weight is 405 g/mol. The summed E-state index contributed by atoms with van der Waals surface area (Å²) in [4.78, 5) is 22.6. The van der Waals surface area contributed by atoms with Gasteiger partial charge < -0.3 is 10.1 Å². The van der Waals surface area contributed by atoms with Crippen LogP contribution in [0, 0.1) is 17.0 Å². The van der Waals surface area contributed by atoms with Crippen molar-refractivity contribution in [3.63, 3.8) is 0 Å². The minimum Gasteiger partial charge on any atom is -0.484 e. The zero-order valence-corrected chi connectivity index (χ0v) is 16.5. The van der Waals surface area contributed by atoms with E-state index in [1.54, 1.807) is 19.1 Å². The van der Waals surface area contributed by atoms with Crippen LogP contribution in [0.25, 0.3) is 0 Å². The number of nitro groups is 1. The van der Waals surface area contributed by atoms with Crippen LogP contribution in [-0.2, 0) is 4.79 Å². The van der Waals surface area contributed by atoms with E-state index in [2.05, 4.69) is 5.32 Å². The molecule has 0 aromatic heterocycles. The fourth-order valence-corrected chi connectivity index (χ4v) is 5.59. The molecule has 1 aliphatic rings. The van der Waals surface area contributed by atoms with Crippen molar-refractivity contribution in [3.8, 4) is 5.75 Å². The number of rotatable bonds is 6. The van der Waals surface area contributed by atoms with Gasteiger partial charge in [0.2, 0.25) is 0 Å². The molecule has 3 rings (SSSR count).